The van der Waals surface area contributed by atoms with Gasteiger partial charge in [-0.1, -0.05) is 6.92 Å². The Labute approximate surface area is 96.7 Å². The standard InChI is InChI=1S/C12H20FN3/c1-4-10(2)16(3)8-7-14-11-5-6-15-12(13)9-11/h5-6,9-10H,4,7-8H2,1-3H3,(H,14,15). The van der Waals surface area contributed by atoms with Crippen LogP contribution in [0.3, 0.4) is 0 Å². The van der Waals surface area contributed by atoms with Crippen LogP contribution < -0.4 is 5.32 Å². The summed E-state index contributed by atoms with van der Waals surface area (Å²) in [7, 11) is 2.10. The van der Waals surface area contributed by atoms with Crippen LogP contribution in [-0.2, 0) is 0 Å². The maximum absolute atomic E-state index is 12.8. The maximum Gasteiger partial charge on any atom is 0.214 e. The van der Waals surface area contributed by atoms with Gasteiger partial charge < -0.3 is 10.2 Å². The van der Waals surface area contributed by atoms with Crippen LogP contribution in [0.1, 0.15) is 20.3 Å². The molecule has 1 rings (SSSR count). The van der Waals surface area contributed by atoms with Crippen molar-refractivity contribution in [2.75, 3.05) is 25.5 Å². The average Bonchev–Trinajstić information content (AvgIpc) is 2.28. The number of hydrogen-bond acceptors (Lipinski definition) is 3. The van der Waals surface area contributed by atoms with Gasteiger partial charge in [0.25, 0.3) is 0 Å². The van der Waals surface area contributed by atoms with Gasteiger partial charge in [0.2, 0.25) is 5.95 Å². The van der Waals surface area contributed by atoms with E-state index in [9.17, 15) is 4.39 Å². The number of likely N-dealkylation sites (N-methyl/N-ethyl adjacent to an activating group) is 1. The van der Waals surface area contributed by atoms with Crippen LogP contribution in [0.25, 0.3) is 0 Å². The van der Waals surface area contributed by atoms with Crippen molar-refractivity contribution in [1.82, 2.24) is 9.88 Å². The summed E-state index contributed by atoms with van der Waals surface area (Å²) in [6.45, 7) is 6.13. The van der Waals surface area contributed by atoms with Gasteiger partial charge in [-0.15, -0.1) is 0 Å². The number of anilines is 1. The highest BCUT2D eigenvalue weighted by Crippen LogP contribution is 2.06. The molecule has 1 N–H and O–H groups in total. The molecule has 1 heterocycles. The van der Waals surface area contributed by atoms with Crippen LogP contribution >= 0.6 is 0 Å². The fraction of sp³-hybridized carbons (Fsp3) is 0.583. The van der Waals surface area contributed by atoms with E-state index < -0.39 is 5.95 Å². The molecule has 0 spiro atoms. The smallest absolute Gasteiger partial charge is 0.214 e. The minimum atomic E-state index is -0.444. The lowest BCUT2D eigenvalue weighted by Gasteiger charge is -2.23. The molecule has 0 aromatic carbocycles. The van der Waals surface area contributed by atoms with Crippen molar-refractivity contribution in [2.24, 2.45) is 0 Å². The first-order valence-electron chi connectivity index (χ1n) is 5.69. The van der Waals surface area contributed by atoms with Gasteiger partial charge in [0.05, 0.1) is 0 Å². The van der Waals surface area contributed by atoms with E-state index in [-0.39, 0.29) is 0 Å². The lowest BCUT2D eigenvalue weighted by atomic mass is 10.2. The van der Waals surface area contributed by atoms with E-state index in [0.29, 0.717) is 6.04 Å². The van der Waals surface area contributed by atoms with Gasteiger partial charge in [0.1, 0.15) is 0 Å². The molecule has 0 aliphatic rings. The summed E-state index contributed by atoms with van der Waals surface area (Å²) in [6, 6.07) is 3.76. The van der Waals surface area contributed by atoms with E-state index in [1.165, 1.54) is 12.3 Å². The van der Waals surface area contributed by atoms with Crippen molar-refractivity contribution in [3.8, 4) is 0 Å². The van der Waals surface area contributed by atoms with E-state index in [1.807, 2.05) is 0 Å². The predicted molar refractivity (Wildman–Crippen MR) is 65.1 cm³/mol. The molecule has 0 saturated carbocycles. The Morgan fingerprint density at radius 3 is 2.94 bits per heavy atom. The lowest BCUT2D eigenvalue weighted by molar-refractivity contribution is 0.261. The van der Waals surface area contributed by atoms with Gasteiger partial charge in [0.15, 0.2) is 0 Å². The van der Waals surface area contributed by atoms with E-state index in [1.54, 1.807) is 6.07 Å². The summed E-state index contributed by atoms with van der Waals surface area (Å²) in [4.78, 5) is 5.79. The number of rotatable bonds is 6. The molecular formula is C12H20FN3. The van der Waals surface area contributed by atoms with Gasteiger partial charge >= 0.3 is 0 Å². The van der Waals surface area contributed by atoms with Crippen LogP contribution in [-0.4, -0.2) is 36.1 Å². The fourth-order valence-electron chi connectivity index (χ4n) is 1.42. The maximum atomic E-state index is 12.8. The van der Waals surface area contributed by atoms with Crippen LogP contribution in [0.2, 0.25) is 0 Å². The Kier molecular flexibility index (Phi) is 5.19. The minimum absolute atomic E-state index is 0.444. The summed E-state index contributed by atoms with van der Waals surface area (Å²) >= 11 is 0. The quantitative estimate of drug-likeness (QED) is 0.753. The van der Waals surface area contributed by atoms with Crippen molar-refractivity contribution in [3.05, 3.63) is 24.3 Å². The second-order valence-electron chi connectivity index (χ2n) is 4.03. The third-order valence-electron chi connectivity index (χ3n) is 2.86. The molecule has 1 aromatic heterocycles. The number of nitrogens with zero attached hydrogens (tertiary/aromatic N) is 2. The second kappa shape index (κ2) is 6.43. The van der Waals surface area contributed by atoms with Crippen LogP contribution in [0.15, 0.2) is 18.3 Å². The number of nitrogens with one attached hydrogen (secondary N) is 1. The Bertz CT molecular complexity index is 317. The molecule has 16 heavy (non-hydrogen) atoms. The third kappa shape index (κ3) is 4.14. The molecule has 0 fully saturated rings. The SMILES string of the molecule is CCC(C)N(C)CCNc1ccnc(F)c1. The molecule has 0 amide bonds. The minimum Gasteiger partial charge on any atom is -0.384 e. The Balaban J connectivity index is 2.30. The van der Waals surface area contributed by atoms with Crippen molar-refractivity contribution < 1.29 is 4.39 Å². The number of halogens is 1. The highest BCUT2D eigenvalue weighted by atomic mass is 19.1. The molecule has 0 radical (unpaired) electrons. The highest BCUT2D eigenvalue weighted by molar-refractivity contribution is 5.40. The third-order valence-corrected chi connectivity index (χ3v) is 2.86. The summed E-state index contributed by atoms with van der Waals surface area (Å²) in [5, 5.41) is 3.17. The van der Waals surface area contributed by atoms with Gasteiger partial charge in [-0.05, 0) is 26.5 Å². The second-order valence-corrected chi connectivity index (χ2v) is 4.03. The van der Waals surface area contributed by atoms with Crippen LogP contribution in [0.5, 0.6) is 0 Å². The highest BCUT2D eigenvalue weighted by Gasteiger charge is 2.05. The Hall–Kier alpha value is -1.16. The number of pyridine rings is 1. The fourth-order valence-corrected chi connectivity index (χ4v) is 1.42. The van der Waals surface area contributed by atoms with Crippen molar-refractivity contribution in [2.45, 2.75) is 26.3 Å². The normalized spacial score (nSPS) is 12.8. The predicted octanol–water partition coefficient (Wildman–Crippen LogP) is 2.36. The van der Waals surface area contributed by atoms with E-state index in [2.05, 4.69) is 36.1 Å². The number of aromatic nitrogens is 1. The van der Waals surface area contributed by atoms with Crippen LogP contribution in [0, 0.1) is 5.95 Å². The first kappa shape index (κ1) is 12.9. The zero-order chi connectivity index (χ0) is 12.0. The van der Waals surface area contributed by atoms with Crippen molar-refractivity contribution >= 4 is 5.69 Å². The zero-order valence-electron chi connectivity index (χ0n) is 10.2. The molecule has 0 aliphatic heterocycles. The molecular weight excluding hydrogens is 205 g/mol. The van der Waals surface area contributed by atoms with Crippen molar-refractivity contribution in [1.29, 1.82) is 0 Å². The topological polar surface area (TPSA) is 28.2 Å². The zero-order valence-corrected chi connectivity index (χ0v) is 10.2. The molecule has 90 valence electrons. The first-order valence-corrected chi connectivity index (χ1v) is 5.69. The summed E-state index contributed by atoms with van der Waals surface area (Å²) < 4.78 is 12.8. The molecule has 3 nitrogen and oxygen atoms in total. The monoisotopic (exact) mass is 225 g/mol. The van der Waals surface area contributed by atoms with Crippen LogP contribution in [0.4, 0.5) is 10.1 Å². The summed E-state index contributed by atoms with van der Waals surface area (Å²) in [5.74, 6) is -0.444. The summed E-state index contributed by atoms with van der Waals surface area (Å²) in [5.41, 5.74) is 0.782. The molecule has 4 heteroatoms. The molecule has 1 atom stereocenters. The largest absolute Gasteiger partial charge is 0.384 e. The molecule has 1 aromatic rings. The van der Waals surface area contributed by atoms with Gasteiger partial charge in [-0.3, -0.25) is 0 Å². The van der Waals surface area contributed by atoms with Gasteiger partial charge in [0, 0.05) is 37.1 Å². The molecule has 0 aliphatic carbocycles. The van der Waals surface area contributed by atoms with Gasteiger partial charge in [-0.2, -0.15) is 4.39 Å². The Morgan fingerprint density at radius 1 is 1.56 bits per heavy atom. The lowest BCUT2D eigenvalue weighted by Crippen LogP contribution is -2.32. The van der Waals surface area contributed by atoms with E-state index in [0.717, 1.165) is 25.2 Å². The Morgan fingerprint density at radius 2 is 2.31 bits per heavy atom. The van der Waals surface area contributed by atoms with Gasteiger partial charge in [-0.25, -0.2) is 4.98 Å². The molecule has 1 unspecified atom stereocenters. The number of hydrogen-bond donors (Lipinski definition) is 1. The first-order chi connectivity index (χ1) is 7.63. The average molecular weight is 225 g/mol. The molecule has 0 saturated heterocycles. The molecule has 0 bridgehead atoms. The van der Waals surface area contributed by atoms with E-state index >= 15 is 0 Å². The van der Waals surface area contributed by atoms with E-state index in [4.69, 9.17) is 0 Å². The van der Waals surface area contributed by atoms with Crippen molar-refractivity contribution in [3.63, 3.8) is 0 Å². The summed E-state index contributed by atoms with van der Waals surface area (Å²) in [6.07, 6.45) is 2.61.